The van der Waals surface area contributed by atoms with Crippen LogP contribution in [0.1, 0.15) is 26.5 Å². The van der Waals surface area contributed by atoms with E-state index in [1.807, 2.05) is 0 Å². The number of hydrogen-bond donors (Lipinski definition) is 0. The number of ether oxygens (including phenoxy) is 2. The Bertz CT molecular complexity index is 505. The molecule has 0 aliphatic carbocycles. The van der Waals surface area contributed by atoms with Gasteiger partial charge in [-0.1, -0.05) is 11.2 Å². The first-order chi connectivity index (χ1) is 9.33. The molecule has 0 amide bonds. The van der Waals surface area contributed by atoms with Crippen molar-refractivity contribution in [3.8, 4) is 0 Å². The van der Waals surface area contributed by atoms with E-state index in [1.165, 1.54) is 6.20 Å². The Morgan fingerprint density at radius 1 is 1.25 bits per heavy atom. The highest BCUT2D eigenvalue weighted by Gasteiger charge is 2.24. The van der Waals surface area contributed by atoms with Crippen molar-refractivity contribution in [2.75, 3.05) is 7.11 Å². The maximum Gasteiger partial charge on any atom is 0.534 e. The Labute approximate surface area is 116 Å². The number of esters is 1. The molecule has 1 heterocycles. The normalized spacial score (nSPS) is 11.7. The Morgan fingerprint density at radius 3 is 2.45 bits per heavy atom. The van der Waals surface area contributed by atoms with Crippen LogP contribution >= 0.6 is 0 Å². The average Bonchev–Trinajstić information content (AvgIpc) is 2.37. The van der Waals surface area contributed by atoms with Crippen LogP contribution in [0, 0.1) is 0 Å². The number of pyridine rings is 1. The van der Waals surface area contributed by atoms with Gasteiger partial charge in [-0.15, -0.1) is 0 Å². The monoisotopic (exact) mass is 280 g/mol. The quantitative estimate of drug-likeness (QED) is 0.364. The van der Waals surface area contributed by atoms with Gasteiger partial charge in [-0.3, -0.25) is 9.82 Å². The number of nitrogens with zero attached hydrogens (tertiary/aromatic N) is 2. The summed E-state index contributed by atoms with van der Waals surface area (Å²) in [4.78, 5) is 31.4. The van der Waals surface area contributed by atoms with Crippen LogP contribution in [-0.4, -0.2) is 35.5 Å². The lowest BCUT2D eigenvalue weighted by Crippen LogP contribution is -2.30. The highest BCUT2D eigenvalue weighted by molar-refractivity contribution is 6.42. The Kier molecular flexibility index (Phi) is 5.19. The van der Waals surface area contributed by atoms with E-state index >= 15 is 0 Å². The molecule has 1 aromatic heterocycles. The largest absolute Gasteiger partial charge is 0.534 e. The molecule has 0 atom stereocenters. The molecule has 0 radical (unpaired) electrons. The molecular formula is C13H16N2O5. The lowest BCUT2D eigenvalue weighted by Gasteiger charge is -2.19. The number of carbonyl (C=O) groups excluding carboxylic acids is 2. The van der Waals surface area contributed by atoms with Crippen molar-refractivity contribution in [2.45, 2.75) is 26.4 Å². The summed E-state index contributed by atoms with van der Waals surface area (Å²) >= 11 is 0. The van der Waals surface area contributed by atoms with Gasteiger partial charge in [-0.05, 0) is 32.9 Å². The highest BCUT2D eigenvalue weighted by Crippen LogP contribution is 2.10. The molecule has 0 unspecified atom stereocenters. The highest BCUT2D eigenvalue weighted by atomic mass is 16.8. The number of rotatable bonds is 3. The van der Waals surface area contributed by atoms with E-state index in [1.54, 1.807) is 39.0 Å². The molecule has 7 heteroatoms. The molecular weight excluding hydrogens is 264 g/mol. The minimum Gasteiger partial charge on any atom is -0.455 e. The van der Waals surface area contributed by atoms with E-state index in [0.717, 1.165) is 7.11 Å². The summed E-state index contributed by atoms with van der Waals surface area (Å²) < 4.78 is 9.45. The second kappa shape index (κ2) is 6.65. The van der Waals surface area contributed by atoms with Crippen LogP contribution in [0.2, 0.25) is 0 Å². The Hall–Kier alpha value is -2.44. The molecule has 0 aliphatic heterocycles. The third-order valence-corrected chi connectivity index (χ3v) is 1.88. The van der Waals surface area contributed by atoms with Gasteiger partial charge in [0.25, 0.3) is 0 Å². The molecule has 1 rings (SSSR count). The van der Waals surface area contributed by atoms with Gasteiger partial charge < -0.3 is 9.47 Å². The van der Waals surface area contributed by atoms with Gasteiger partial charge in [0.05, 0.1) is 12.8 Å². The summed E-state index contributed by atoms with van der Waals surface area (Å²) in [5, 5.41) is 3.45. The van der Waals surface area contributed by atoms with Gasteiger partial charge in [0, 0.05) is 6.20 Å². The fraction of sp³-hybridized carbons (Fsp3) is 0.385. The van der Waals surface area contributed by atoms with Crippen molar-refractivity contribution in [3.05, 3.63) is 30.1 Å². The first-order valence-corrected chi connectivity index (χ1v) is 5.81. The fourth-order valence-electron chi connectivity index (χ4n) is 1.14. The number of aromatic nitrogens is 1. The van der Waals surface area contributed by atoms with Crippen LogP contribution < -0.4 is 0 Å². The second-order valence-corrected chi connectivity index (χ2v) is 4.70. The van der Waals surface area contributed by atoms with E-state index in [-0.39, 0.29) is 11.4 Å². The van der Waals surface area contributed by atoms with Crippen LogP contribution in [0.4, 0.5) is 4.79 Å². The molecule has 7 nitrogen and oxygen atoms in total. The summed E-state index contributed by atoms with van der Waals surface area (Å²) in [5.41, 5.74) is -0.700. The fourth-order valence-corrected chi connectivity index (χ4v) is 1.14. The Morgan fingerprint density at radius 2 is 1.95 bits per heavy atom. The van der Waals surface area contributed by atoms with Gasteiger partial charge in [-0.25, -0.2) is 9.59 Å². The maximum atomic E-state index is 12.0. The minimum atomic E-state index is -1.04. The van der Waals surface area contributed by atoms with Crippen molar-refractivity contribution in [3.63, 3.8) is 0 Å². The zero-order valence-electron chi connectivity index (χ0n) is 11.7. The van der Waals surface area contributed by atoms with Gasteiger partial charge >= 0.3 is 12.1 Å². The molecule has 0 fully saturated rings. The lowest BCUT2D eigenvalue weighted by atomic mass is 10.2. The summed E-state index contributed by atoms with van der Waals surface area (Å²) in [7, 11) is 1.13. The van der Waals surface area contributed by atoms with Crippen molar-refractivity contribution < 1.29 is 23.9 Å². The van der Waals surface area contributed by atoms with E-state index in [0.29, 0.717) is 0 Å². The van der Waals surface area contributed by atoms with Gasteiger partial charge in [-0.2, -0.15) is 0 Å². The molecule has 108 valence electrons. The van der Waals surface area contributed by atoms with Crippen LogP contribution in [0.5, 0.6) is 0 Å². The van der Waals surface area contributed by atoms with Crippen LogP contribution in [-0.2, 0) is 19.1 Å². The molecule has 1 aromatic rings. The summed E-state index contributed by atoms with van der Waals surface area (Å²) in [6.07, 6.45) is 0.440. The van der Waals surface area contributed by atoms with Gasteiger partial charge in [0.2, 0.25) is 5.71 Å². The molecule has 0 aliphatic rings. The summed E-state index contributed by atoms with van der Waals surface area (Å²) in [6, 6.07) is 4.89. The maximum absolute atomic E-state index is 12.0. The lowest BCUT2D eigenvalue weighted by molar-refractivity contribution is -0.146. The number of oxime groups is 1. The van der Waals surface area contributed by atoms with E-state index < -0.39 is 17.7 Å². The number of hydrogen-bond acceptors (Lipinski definition) is 7. The van der Waals surface area contributed by atoms with Crippen molar-refractivity contribution in [2.24, 2.45) is 5.16 Å². The van der Waals surface area contributed by atoms with Crippen molar-refractivity contribution in [1.82, 2.24) is 4.98 Å². The topological polar surface area (TPSA) is 87.1 Å². The van der Waals surface area contributed by atoms with E-state index in [9.17, 15) is 9.59 Å². The SMILES string of the molecule is COC(=O)O/N=C(\C(=O)OC(C)(C)C)c1ccccn1. The van der Waals surface area contributed by atoms with Crippen LogP contribution in [0.3, 0.4) is 0 Å². The van der Waals surface area contributed by atoms with Gasteiger partial charge in [0.15, 0.2) is 0 Å². The third-order valence-electron chi connectivity index (χ3n) is 1.88. The molecule has 0 saturated heterocycles. The number of methoxy groups -OCH3 is 1. The van der Waals surface area contributed by atoms with E-state index in [2.05, 4.69) is 19.7 Å². The van der Waals surface area contributed by atoms with Crippen LogP contribution in [0.15, 0.2) is 29.6 Å². The first-order valence-electron chi connectivity index (χ1n) is 5.81. The zero-order valence-corrected chi connectivity index (χ0v) is 11.7. The average molecular weight is 280 g/mol. The molecule has 0 saturated carbocycles. The molecule has 20 heavy (non-hydrogen) atoms. The standard InChI is InChI=1S/C13H16N2O5/c1-13(2,3)19-11(16)10(15-20-12(17)18-4)9-7-5-6-8-14-9/h5-8H,1-4H3/b15-10-. The van der Waals surface area contributed by atoms with Crippen LogP contribution in [0.25, 0.3) is 0 Å². The smallest absolute Gasteiger partial charge is 0.455 e. The predicted octanol–water partition coefficient (Wildman–Crippen LogP) is 1.91. The molecule has 0 spiro atoms. The summed E-state index contributed by atoms with van der Waals surface area (Å²) in [6.45, 7) is 5.13. The summed E-state index contributed by atoms with van der Waals surface area (Å²) in [5.74, 6) is -0.750. The van der Waals surface area contributed by atoms with Crippen molar-refractivity contribution >= 4 is 17.8 Å². The molecule has 0 bridgehead atoms. The second-order valence-electron chi connectivity index (χ2n) is 4.70. The molecule has 0 aromatic carbocycles. The first kappa shape index (κ1) is 15.6. The Balaban J connectivity index is 3.02. The molecule has 0 N–H and O–H groups in total. The third kappa shape index (κ3) is 5.05. The minimum absolute atomic E-state index is 0.217. The van der Waals surface area contributed by atoms with E-state index in [4.69, 9.17) is 4.74 Å². The number of carbonyl (C=O) groups is 2. The zero-order chi connectivity index (χ0) is 15.2. The van der Waals surface area contributed by atoms with Gasteiger partial charge in [0.1, 0.15) is 5.60 Å². The predicted molar refractivity (Wildman–Crippen MR) is 70.1 cm³/mol. The van der Waals surface area contributed by atoms with Crippen molar-refractivity contribution in [1.29, 1.82) is 0 Å².